The summed E-state index contributed by atoms with van der Waals surface area (Å²) in [5, 5.41) is 3.19. The molecule has 0 bridgehead atoms. The number of piperidine rings is 1. The minimum atomic E-state index is -3.58. The van der Waals surface area contributed by atoms with Gasteiger partial charge >= 0.3 is 0 Å². The van der Waals surface area contributed by atoms with Gasteiger partial charge < -0.3 is 10.1 Å². The summed E-state index contributed by atoms with van der Waals surface area (Å²) in [5.74, 6) is 0.437. The first-order chi connectivity index (χ1) is 14.5. The zero-order valence-corrected chi connectivity index (χ0v) is 18.0. The van der Waals surface area contributed by atoms with Gasteiger partial charge in [0.25, 0.3) is 0 Å². The van der Waals surface area contributed by atoms with Crippen LogP contribution in [0.25, 0.3) is 0 Å². The molecule has 0 spiro atoms. The van der Waals surface area contributed by atoms with E-state index in [4.69, 9.17) is 4.74 Å². The lowest BCUT2D eigenvalue weighted by atomic mass is 9.87. The van der Waals surface area contributed by atoms with Crippen molar-refractivity contribution in [2.45, 2.75) is 43.0 Å². The van der Waals surface area contributed by atoms with E-state index in [-0.39, 0.29) is 29.3 Å². The molecule has 0 saturated carbocycles. The Morgan fingerprint density at radius 1 is 1.10 bits per heavy atom. The van der Waals surface area contributed by atoms with Gasteiger partial charge in [-0.15, -0.1) is 0 Å². The van der Waals surface area contributed by atoms with Gasteiger partial charge in [0, 0.05) is 13.1 Å². The van der Waals surface area contributed by atoms with Crippen LogP contribution in [0.1, 0.15) is 42.9 Å². The lowest BCUT2D eigenvalue weighted by Gasteiger charge is -2.33. The number of nitrogens with one attached hydrogen (secondary N) is 1. The molecule has 1 aliphatic heterocycles. The number of nitrogens with zero attached hydrogens (tertiary/aromatic N) is 1. The summed E-state index contributed by atoms with van der Waals surface area (Å²) in [4.78, 5) is 13.3. The summed E-state index contributed by atoms with van der Waals surface area (Å²) in [6.07, 6.45) is 4.26. The van der Waals surface area contributed by atoms with Crippen molar-refractivity contribution in [3.63, 3.8) is 0 Å². The van der Waals surface area contributed by atoms with E-state index >= 15 is 0 Å². The Hall–Kier alpha value is -2.38. The van der Waals surface area contributed by atoms with Gasteiger partial charge in [-0.25, -0.2) is 8.42 Å². The van der Waals surface area contributed by atoms with Crippen LogP contribution in [-0.2, 0) is 21.2 Å². The van der Waals surface area contributed by atoms with Gasteiger partial charge in [0.15, 0.2) is 0 Å². The van der Waals surface area contributed by atoms with E-state index in [1.165, 1.54) is 9.87 Å². The average molecular weight is 429 g/mol. The van der Waals surface area contributed by atoms with Crippen molar-refractivity contribution >= 4 is 15.9 Å². The maximum atomic E-state index is 13.1. The number of ether oxygens (including phenoxy) is 1. The molecule has 1 amide bonds. The molecule has 1 aliphatic carbocycles. The van der Waals surface area contributed by atoms with Crippen molar-refractivity contribution in [1.29, 1.82) is 0 Å². The van der Waals surface area contributed by atoms with E-state index in [9.17, 15) is 13.2 Å². The standard InChI is InChI=1S/C23H28N2O4S/c1-29-19-12-13-21-17(15-19)7-5-11-22(21)24-23(26)18-8-6-14-25(16-18)30(27,28)20-9-3-2-4-10-20/h2-4,9-10,12-13,15,18,22H,5-8,11,14,16H2,1H3,(H,24,26)/t18-,22-/m1/s1. The van der Waals surface area contributed by atoms with E-state index in [1.807, 2.05) is 18.2 Å². The van der Waals surface area contributed by atoms with Crippen LogP contribution in [0.15, 0.2) is 53.4 Å². The fraction of sp³-hybridized carbons (Fsp3) is 0.435. The van der Waals surface area contributed by atoms with Gasteiger partial charge in [0.05, 0.1) is 24.0 Å². The second kappa shape index (κ2) is 8.78. The van der Waals surface area contributed by atoms with Crippen molar-refractivity contribution in [1.82, 2.24) is 9.62 Å². The van der Waals surface area contributed by atoms with Crippen molar-refractivity contribution in [2.24, 2.45) is 5.92 Å². The Bertz CT molecular complexity index is 1010. The maximum Gasteiger partial charge on any atom is 0.243 e. The molecule has 0 aromatic heterocycles. The van der Waals surface area contributed by atoms with Crippen LogP contribution in [0.4, 0.5) is 0 Å². The predicted molar refractivity (Wildman–Crippen MR) is 115 cm³/mol. The molecule has 0 unspecified atom stereocenters. The highest BCUT2D eigenvalue weighted by atomic mass is 32.2. The second-order valence-corrected chi connectivity index (χ2v) is 9.97. The van der Waals surface area contributed by atoms with Crippen molar-refractivity contribution in [3.05, 3.63) is 59.7 Å². The van der Waals surface area contributed by atoms with Crippen LogP contribution in [0.3, 0.4) is 0 Å². The Balaban J connectivity index is 1.46. The number of hydrogen-bond acceptors (Lipinski definition) is 4. The third-order valence-corrected chi connectivity index (χ3v) is 8.00. The summed E-state index contributed by atoms with van der Waals surface area (Å²) in [7, 11) is -1.92. The van der Waals surface area contributed by atoms with E-state index in [0.717, 1.165) is 30.6 Å². The number of aryl methyl sites for hydroxylation is 1. The molecule has 160 valence electrons. The number of fused-ring (bicyclic) bond motifs is 1. The monoisotopic (exact) mass is 428 g/mol. The van der Waals surface area contributed by atoms with Gasteiger partial charge in [-0.1, -0.05) is 24.3 Å². The van der Waals surface area contributed by atoms with Gasteiger partial charge in [-0.2, -0.15) is 4.31 Å². The number of carbonyl (C=O) groups is 1. The van der Waals surface area contributed by atoms with Crippen molar-refractivity contribution < 1.29 is 17.9 Å². The van der Waals surface area contributed by atoms with Gasteiger partial charge in [-0.05, 0) is 67.5 Å². The smallest absolute Gasteiger partial charge is 0.243 e. The quantitative estimate of drug-likeness (QED) is 0.793. The first-order valence-corrected chi connectivity index (χ1v) is 12.0. The van der Waals surface area contributed by atoms with Crippen LogP contribution < -0.4 is 10.1 Å². The van der Waals surface area contributed by atoms with E-state index < -0.39 is 10.0 Å². The Kier molecular flexibility index (Phi) is 6.11. The molecule has 1 fully saturated rings. The van der Waals surface area contributed by atoms with Crippen LogP contribution in [-0.4, -0.2) is 38.8 Å². The number of carbonyl (C=O) groups excluding carboxylic acids is 1. The summed E-state index contributed by atoms with van der Waals surface area (Å²) >= 11 is 0. The zero-order chi connectivity index (χ0) is 21.1. The molecule has 0 radical (unpaired) electrons. The molecule has 30 heavy (non-hydrogen) atoms. The largest absolute Gasteiger partial charge is 0.497 e. The SMILES string of the molecule is COc1ccc2c(c1)CCC[C@H]2NC(=O)[C@@H]1CCCN(S(=O)(=O)c2ccccc2)C1. The fourth-order valence-corrected chi connectivity index (χ4v) is 6.02. The molecule has 1 saturated heterocycles. The maximum absolute atomic E-state index is 13.1. The number of hydrogen-bond donors (Lipinski definition) is 1. The molecular weight excluding hydrogens is 400 g/mol. The highest BCUT2D eigenvalue weighted by Crippen LogP contribution is 2.33. The Morgan fingerprint density at radius 3 is 2.67 bits per heavy atom. The van der Waals surface area contributed by atoms with Crippen molar-refractivity contribution in [2.75, 3.05) is 20.2 Å². The summed E-state index contributed by atoms with van der Waals surface area (Å²) in [5.41, 5.74) is 2.35. The molecule has 2 aromatic rings. The topological polar surface area (TPSA) is 75.7 Å². The highest BCUT2D eigenvalue weighted by molar-refractivity contribution is 7.89. The molecule has 1 N–H and O–H groups in total. The zero-order valence-electron chi connectivity index (χ0n) is 17.2. The Labute approximate surface area is 178 Å². The van der Waals surface area contributed by atoms with Crippen LogP contribution in [0, 0.1) is 5.92 Å². The van der Waals surface area contributed by atoms with Gasteiger partial charge in [0.1, 0.15) is 5.75 Å². The molecular formula is C23H28N2O4S. The van der Waals surface area contributed by atoms with E-state index in [0.29, 0.717) is 19.4 Å². The van der Waals surface area contributed by atoms with Crippen LogP contribution >= 0.6 is 0 Å². The predicted octanol–water partition coefficient (Wildman–Crippen LogP) is 3.29. The highest BCUT2D eigenvalue weighted by Gasteiger charge is 2.34. The number of amides is 1. The third kappa shape index (κ3) is 4.23. The molecule has 2 atom stereocenters. The molecule has 4 rings (SSSR count). The summed E-state index contributed by atoms with van der Waals surface area (Å²) in [6.45, 7) is 0.679. The minimum absolute atomic E-state index is 0.0340. The minimum Gasteiger partial charge on any atom is -0.497 e. The lowest BCUT2D eigenvalue weighted by Crippen LogP contribution is -2.46. The molecule has 2 aromatic carbocycles. The van der Waals surface area contributed by atoms with Crippen LogP contribution in [0.5, 0.6) is 5.75 Å². The van der Waals surface area contributed by atoms with Crippen molar-refractivity contribution in [3.8, 4) is 5.75 Å². The molecule has 1 heterocycles. The number of benzene rings is 2. The number of rotatable bonds is 5. The fourth-order valence-electron chi connectivity index (χ4n) is 4.47. The number of sulfonamides is 1. The lowest BCUT2D eigenvalue weighted by molar-refractivity contribution is -0.127. The van der Waals surface area contributed by atoms with Gasteiger partial charge in [0.2, 0.25) is 15.9 Å². The molecule has 6 nitrogen and oxygen atoms in total. The number of methoxy groups -OCH3 is 1. The van der Waals surface area contributed by atoms with Crippen LogP contribution in [0.2, 0.25) is 0 Å². The normalized spacial score (nSPS) is 22.2. The van der Waals surface area contributed by atoms with Gasteiger partial charge in [-0.3, -0.25) is 4.79 Å². The first kappa shape index (κ1) is 20.9. The Morgan fingerprint density at radius 2 is 1.90 bits per heavy atom. The summed E-state index contributed by atoms with van der Waals surface area (Å²) < 4.78 is 32.7. The summed E-state index contributed by atoms with van der Waals surface area (Å²) in [6, 6.07) is 14.4. The first-order valence-electron chi connectivity index (χ1n) is 10.5. The second-order valence-electron chi connectivity index (χ2n) is 8.03. The molecule has 2 aliphatic rings. The van der Waals surface area contributed by atoms with E-state index in [2.05, 4.69) is 5.32 Å². The average Bonchev–Trinajstić information content (AvgIpc) is 2.79. The van der Waals surface area contributed by atoms with E-state index in [1.54, 1.807) is 37.4 Å². The third-order valence-electron chi connectivity index (χ3n) is 6.12. The molecule has 7 heteroatoms.